The van der Waals surface area contributed by atoms with E-state index in [1.165, 1.54) is 5.56 Å². The van der Waals surface area contributed by atoms with Gasteiger partial charge >= 0.3 is 0 Å². The summed E-state index contributed by atoms with van der Waals surface area (Å²) in [5, 5.41) is 4.02. The van der Waals surface area contributed by atoms with Crippen molar-refractivity contribution in [3.05, 3.63) is 71.9 Å². The van der Waals surface area contributed by atoms with E-state index in [9.17, 15) is 4.79 Å². The number of hydrogen-bond donors (Lipinski definition) is 1. The fraction of sp³-hybridized carbons (Fsp3) is 0.286. The summed E-state index contributed by atoms with van der Waals surface area (Å²) >= 11 is 0. The molecule has 128 valence electrons. The molecule has 1 N–H and O–H groups in total. The van der Waals surface area contributed by atoms with Crippen molar-refractivity contribution in [2.75, 3.05) is 13.2 Å². The molecular formula is C21H22N2O2. The van der Waals surface area contributed by atoms with E-state index in [1.54, 1.807) is 0 Å². The lowest BCUT2D eigenvalue weighted by molar-refractivity contribution is 0.0859. The summed E-state index contributed by atoms with van der Waals surface area (Å²) in [5.41, 5.74) is 3.02. The second kappa shape index (κ2) is 7.11. The molecule has 1 atom stereocenters. The predicted octanol–water partition coefficient (Wildman–Crippen LogP) is 3.60. The van der Waals surface area contributed by atoms with E-state index < -0.39 is 0 Å². The van der Waals surface area contributed by atoms with Crippen molar-refractivity contribution in [1.29, 1.82) is 0 Å². The van der Waals surface area contributed by atoms with Crippen molar-refractivity contribution in [3.8, 4) is 0 Å². The lowest BCUT2D eigenvalue weighted by Crippen LogP contribution is -2.31. The molecule has 0 saturated carbocycles. The fourth-order valence-corrected chi connectivity index (χ4v) is 3.45. The SMILES string of the molecule is O=C(NC[C@H]1CCCO1)c1cn(Cc2ccccc2)c2ccccc12. The van der Waals surface area contributed by atoms with Crippen LogP contribution >= 0.6 is 0 Å². The van der Waals surface area contributed by atoms with Gasteiger partial charge in [-0.15, -0.1) is 0 Å². The average molecular weight is 334 g/mol. The number of amides is 1. The van der Waals surface area contributed by atoms with E-state index in [1.807, 2.05) is 42.6 Å². The molecule has 1 saturated heterocycles. The van der Waals surface area contributed by atoms with Crippen LogP contribution in [-0.2, 0) is 11.3 Å². The number of carbonyl (C=O) groups excluding carboxylic acids is 1. The molecule has 4 nitrogen and oxygen atoms in total. The Bertz CT molecular complexity index is 864. The first-order valence-electron chi connectivity index (χ1n) is 8.83. The maximum absolute atomic E-state index is 12.7. The van der Waals surface area contributed by atoms with Crippen molar-refractivity contribution in [3.63, 3.8) is 0 Å². The summed E-state index contributed by atoms with van der Waals surface area (Å²) in [5.74, 6) is -0.0292. The highest BCUT2D eigenvalue weighted by atomic mass is 16.5. The third-order valence-corrected chi connectivity index (χ3v) is 4.74. The third kappa shape index (κ3) is 3.44. The molecule has 0 radical (unpaired) electrons. The van der Waals surface area contributed by atoms with E-state index in [2.05, 4.69) is 28.1 Å². The largest absolute Gasteiger partial charge is 0.376 e. The minimum atomic E-state index is -0.0292. The van der Waals surface area contributed by atoms with E-state index in [4.69, 9.17) is 4.74 Å². The Morgan fingerprint density at radius 3 is 2.72 bits per heavy atom. The molecule has 1 fully saturated rings. The molecule has 0 bridgehead atoms. The van der Waals surface area contributed by atoms with Gasteiger partial charge in [0.15, 0.2) is 0 Å². The average Bonchev–Trinajstić information content (AvgIpc) is 3.29. The normalized spacial score (nSPS) is 17.0. The Labute approximate surface area is 147 Å². The maximum atomic E-state index is 12.7. The molecule has 0 aliphatic carbocycles. The molecule has 25 heavy (non-hydrogen) atoms. The molecule has 0 unspecified atom stereocenters. The van der Waals surface area contributed by atoms with Gasteiger partial charge in [0.05, 0.1) is 11.7 Å². The number of carbonyl (C=O) groups is 1. The molecule has 4 heteroatoms. The van der Waals surface area contributed by atoms with Crippen LogP contribution in [0.5, 0.6) is 0 Å². The van der Waals surface area contributed by atoms with Gasteiger partial charge in [-0.1, -0.05) is 48.5 Å². The number of ether oxygens (including phenoxy) is 1. The first-order chi connectivity index (χ1) is 12.3. The van der Waals surface area contributed by atoms with Crippen LogP contribution in [0.2, 0.25) is 0 Å². The van der Waals surface area contributed by atoms with Gasteiger partial charge in [-0.25, -0.2) is 0 Å². The van der Waals surface area contributed by atoms with E-state index in [-0.39, 0.29) is 12.0 Å². The topological polar surface area (TPSA) is 43.3 Å². The van der Waals surface area contributed by atoms with Crippen LogP contribution in [0.1, 0.15) is 28.8 Å². The number of rotatable bonds is 5. The zero-order valence-corrected chi connectivity index (χ0v) is 14.2. The summed E-state index contributed by atoms with van der Waals surface area (Å²) in [6.07, 6.45) is 4.22. The summed E-state index contributed by atoms with van der Waals surface area (Å²) in [7, 11) is 0. The van der Waals surface area contributed by atoms with Gasteiger partial charge in [-0.2, -0.15) is 0 Å². The number of benzene rings is 2. The minimum absolute atomic E-state index is 0.0292. The molecule has 2 heterocycles. The lowest BCUT2D eigenvalue weighted by Gasteiger charge is -2.10. The van der Waals surface area contributed by atoms with Gasteiger partial charge in [-0.3, -0.25) is 4.79 Å². The molecular weight excluding hydrogens is 312 g/mol. The van der Waals surface area contributed by atoms with Crippen LogP contribution in [0.3, 0.4) is 0 Å². The van der Waals surface area contributed by atoms with Gasteiger partial charge in [0.1, 0.15) is 0 Å². The number of nitrogens with one attached hydrogen (secondary N) is 1. The molecule has 1 amide bonds. The Kier molecular flexibility index (Phi) is 4.53. The lowest BCUT2D eigenvalue weighted by atomic mass is 10.1. The van der Waals surface area contributed by atoms with Crippen LogP contribution in [0.25, 0.3) is 10.9 Å². The van der Waals surface area contributed by atoms with Crippen LogP contribution in [0, 0.1) is 0 Å². The van der Waals surface area contributed by atoms with Gasteiger partial charge in [0.25, 0.3) is 5.91 Å². The summed E-state index contributed by atoms with van der Waals surface area (Å²) < 4.78 is 7.74. The summed E-state index contributed by atoms with van der Waals surface area (Å²) in [4.78, 5) is 12.7. The third-order valence-electron chi connectivity index (χ3n) is 4.74. The Hall–Kier alpha value is -2.59. The molecule has 3 aromatic rings. The van der Waals surface area contributed by atoms with Crippen LogP contribution in [0.4, 0.5) is 0 Å². The number of para-hydroxylation sites is 1. The number of nitrogens with zero attached hydrogens (tertiary/aromatic N) is 1. The summed E-state index contributed by atoms with van der Waals surface area (Å²) in [6.45, 7) is 2.13. The van der Waals surface area contributed by atoms with Crippen molar-refractivity contribution in [1.82, 2.24) is 9.88 Å². The summed E-state index contributed by atoms with van der Waals surface area (Å²) in [6, 6.07) is 18.4. The van der Waals surface area contributed by atoms with E-state index >= 15 is 0 Å². The molecule has 0 spiro atoms. The number of fused-ring (bicyclic) bond motifs is 1. The molecule has 1 aliphatic rings. The smallest absolute Gasteiger partial charge is 0.253 e. The van der Waals surface area contributed by atoms with Crippen molar-refractivity contribution >= 4 is 16.8 Å². The van der Waals surface area contributed by atoms with Crippen molar-refractivity contribution < 1.29 is 9.53 Å². The highest BCUT2D eigenvalue weighted by molar-refractivity contribution is 6.07. The highest BCUT2D eigenvalue weighted by Gasteiger charge is 2.19. The van der Waals surface area contributed by atoms with Crippen molar-refractivity contribution in [2.45, 2.75) is 25.5 Å². The first kappa shape index (κ1) is 15.9. The van der Waals surface area contributed by atoms with Crippen LogP contribution < -0.4 is 5.32 Å². The Morgan fingerprint density at radius 2 is 1.92 bits per heavy atom. The molecule has 2 aromatic carbocycles. The molecule has 1 aromatic heterocycles. The molecule has 1 aliphatic heterocycles. The van der Waals surface area contributed by atoms with Crippen LogP contribution in [0.15, 0.2) is 60.8 Å². The van der Waals surface area contributed by atoms with E-state index in [0.29, 0.717) is 6.54 Å². The number of aromatic nitrogens is 1. The fourth-order valence-electron chi connectivity index (χ4n) is 3.45. The van der Waals surface area contributed by atoms with Crippen LogP contribution in [-0.4, -0.2) is 29.7 Å². The molecule has 4 rings (SSSR count). The second-order valence-corrected chi connectivity index (χ2v) is 6.52. The van der Waals surface area contributed by atoms with Crippen molar-refractivity contribution in [2.24, 2.45) is 0 Å². The minimum Gasteiger partial charge on any atom is -0.376 e. The maximum Gasteiger partial charge on any atom is 0.253 e. The Morgan fingerprint density at radius 1 is 1.12 bits per heavy atom. The quantitative estimate of drug-likeness (QED) is 0.775. The second-order valence-electron chi connectivity index (χ2n) is 6.52. The zero-order chi connectivity index (χ0) is 17.1. The van der Waals surface area contributed by atoms with E-state index in [0.717, 1.165) is 42.5 Å². The standard InChI is InChI=1S/C21H22N2O2/c24-21(22-13-17-9-6-12-25-17)19-15-23(14-16-7-2-1-3-8-16)20-11-5-4-10-18(19)20/h1-5,7-8,10-11,15,17H,6,9,12-14H2,(H,22,24)/t17-/m1/s1. The van der Waals surface area contributed by atoms with Gasteiger partial charge in [0, 0.05) is 36.8 Å². The van der Waals surface area contributed by atoms with Gasteiger partial charge in [0.2, 0.25) is 0 Å². The van der Waals surface area contributed by atoms with Gasteiger partial charge in [-0.05, 0) is 24.5 Å². The first-order valence-corrected chi connectivity index (χ1v) is 8.83. The highest BCUT2D eigenvalue weighted by Crippen LogP contribution is 2.22. The Balaban J connectivity index is 1.59. The monoisotopic (exact) mass is 334 g/mol. The number of hydrogen-bond acceptors (Lipinski definition) is 2. The predicted molar refractivity (Wildman–Crippen MR) is 98.8 cm³/mol. The zero-order valence-electron chi connectivity index (χ0n) is 14.2. The van der Waals surface area contributed by atoms with Gasteiger partial charge < -0.3 is 14.6 Å².